The maximum Gasteiger partial charge on any atom is 0.407 e. The summed E-state index contributed by atoms with van der Waals surface area (Å²) in [7, 11) is 0. The monoisotopic (exact) mass is 629 g/mol. The highest BCUT2D eigenvalue weighted by Gasteiger charge is 2.25. The van der Waals surface area contributed by atoms with Crippen LogP contribution in [0.4, 0.5) is 29.3 Å². The molecule has 1 aromatic heterocycles. The molecule has 4 N–H and O–H groups in total. The number of morpholine rings is 1. The highest BCUT2D eigenvalue weighted by atomic mass is 19.1. The minimum absolute atomic E-state index is 0.132. The molecule has 10 nitrogen and oxygen atoms in total. The van der Waals surface area contributed by atoms with E-state index in [0.29, 0.717) is 50.6 Å². The molecule has 0 aliphatic carbocycles. The molecule has 3 aromatic rings. The number of aromatic nitrogens is 1. The second kappa shape index (κ2) is 17.3. The fraction of sp³-hybridized carbons (Fsp3) is 0.406. The van der Waals surface area contributed by atoms with Crippen molar-refractivity contribution in [2.24, 2.45) is 0 Å². The molecule has 1 aliphatic heterocycles. The lowest BCUT2D eigenvalue weighted by molar-refractivity contribution is -0.116. The average molecular weight is 630 g/mol. The number of halogens is 3. The highest BCUT2D eigenvalue weighted by molar-refractivity contribution is 5.97. The molecule has 4 rings (SSSR count). The number of nitrogens with one attached hydrogen (secondary N) is 4. The summed E-state index contributed by atoms with van der Waals surface area (Å²) in [4.78, 5) is 29.2. The molecule has 2 aromatic carbocycles. The van der Waals surface area contributed by atoms with Crippen molar-refractivity contribution in [3.05, 3.63) is 89.5 Å². The first-order valence-corrected chi connectivity index (χ1v) is 14.8. The van der Waals surface area contributed by atoms with Crippen LogP contribution in [0.3, 0.4) is 0 Å². The predicted octanol–water partition coefficient (Wildman–Crippen LogP) is 4.21. The van der Waals surface area contributed by atoms with Crippen LogP contribution in [0.15, 0.2) is 60.9 Å². The molecule has 0 unspecified atom stereocenters. The van der Waals surface area contributed by atoms with Crippen molar-refractivity contribution in [2.75, 3.05) is 50.2 Å². The largest absolute Gasteiger partial charge is 0.448 e. The molecule has 45 heavy (non-hydrogen) atoms. The third-order valence-electron chi connectivity index (χ3n) is 7.14. The van der Waals surface area contributed by atoms with E-state index in [0.717, 1.165) is 6.20 Å². The SMILES string of the molecule is CCOCCNC(=O)OC[C@@H]1CO[C@H](CCc2c(F)cncc2NC(=O)[C@H](Cc2ccc(F)cc2)Nc2ccc(F)cc2)CN1. The van der Waals surface area contributed by atoms with Gasteiger partial charge < -0.3 is 35.5 Å². The second-order valence-corrected chi connectivity index (χ2v) is 10.5. The molecule has 2 heterocycles. The molecule has 2 amide bonds. The second-order valence-electron chi connectivity index (χ2n) is 10.5. The van der Waals surface area contributed by atoms with Crippen LogP contribution in [0.25, 0.3) is 0 Å². The number of rotatable bonds is 15. The summed E-state index contributed by atoms with van der Waals surface area (Å²) in [6.45, 7) is 4.11. The first-order valence-electron chi connectivity index (χ1n) is 14.8. The molecule has 0 bridgehead atoms. The Hall–Kier alpha value is -4.20. The molecular weight excluding hydrogens is 591 g/mol. The van der Waals surface area contributed by atoms with Gasteiger partial charge >= 0.3 is 6.09 Å². The number of nitrogens with zero attached hydrogens (tertiary/aromatic N) is 1. The first kappa shape index (κ1) is 33.7. The van der Waals surface area contributed by atoms with Gasteiger partial charge in [0.25, 0.3) is 0 Å². The van der Waals surface area contributed by atoms with E-state index in [1.54, 1.807) is 12.1 Å². The summed E-state index contributed by atoms with van der Waals surface area (Å²) in [5.41, 5.74) is 1.69. The molecule has 3 atom stereocenters. The van der Waals surface area contributed by atoms with Crippen molar-refractivity contribution in [3.8, 4) is 0 Å². The summed E-state index contributed by atoms with van der Waals surface area (Å²) in [5, 5.41) is 11.8. The Labute approximate surface area is 260 Å². The molecule has 0 saturated carbocycles. The number of hydrogen-bond donors (Lipinski definition) is 4. The van der Waals surface area contributed by atoms with Crippen molar-refractivity contribution in [3.63, 3.8) is 0 Å². The zero-order chi connectivity index (χ0) is 32.0. The number of carbonyl (C=O) groups excluding carboxylic acids is 2. The van der Waals surface area contributed by atoms with E-state index in [2.05, 4.69) is 26.3 Å². The van der Waals surface area contributed by atoms with Gasteiger partial charge in [-0.2, -0.15) is 0 Å². The Morgan fingerprint density at radius 1 is 1.07 bits per heavy atom. The average Bonchev–Trinajstić information content (AvgIpc) is 3.04. The van der Waals surface area contributed by atoms with Crippen LogP contribution in [-0.2, 0) is 31.8 Å². The van der Waals surface area contributed by atoms with Gasteiger partial charge in [0, 0.05) is 37.4 Å². The summed E-state index contributed by atoms with van der Waals surface area (Å²) in [6.07, 6.45) is 2.60. The lowest BCUT2D eigenvalue weighted by Gasteiger charge is -2.30. The van der Waals surface area contributed by atoms with Crippen LogP contribution in [-0.4, -0.2) is 74.7 Å². The van der Waals surface area contributed by atoms with E-state index >= 15 is 0 Å². The lowest BCUT2D eigenvalue weighted by Crippen LogP contribution is -2.49. The Kier molecular flexibility index (Phi) is 13.0. The normalized spacial score (nSPS) is 16.9. The van der Waals surface area contributed by atoms with E-state index in [4.69, 9.17) is 14.2 Å². The fourth-order valence-corrected chi connectivity index (χ4v) is 4.72. The summed E-state index contributed by atoms with van der Waals surface area (Å²) in [5.74, 6) is -1.87. The molecule has 0 radical (unpaired) electrons. The maximum absolute atomic E-state index is 15.0. The standard InChI is InChI=1S/C32H38F3N5O5/c1-2-43-14-13-37-32(42)45-20-25-19-44-26(16-38-25)11-12-27-28(35)17-36-18-30(27)40-31(41)29(15-21-3-5-22(33)6-4-21)39-24-9-7-23(34)8-10-24/h3-10,17-18,25-26,29,38-39H,2,11-16,19-20H2,1H3,(H,37,42)(H,40,41)/t25-,26+,29-/m0/s1. The predicted molar refractivity (Wildman–Crippen MR) is 162 cm³/mol. The molecule has 242 valence electrons. The fourth-order valence-electron chi connectivity index (χ4n) is 4.72. The van der Waals surface area contributed by atoms with Gasteiger partial charge in [0.2, 0.25) is 5.91 Å². The van der Waals surface area contributed by atoms with Crippen LogP contribution in [0, 0.1) is 17.5 Å². The van der Waals surface area contributed by atoms with Gasteiger partial charge in [-0.1, -0.05) is 12.1 Å². The topological polar surface area (TPSA) is 123 Å². The molecule has 1 fully saturated rings. The van der Waals surface area contributed by atoms with Gasteiger partial charge in [-0.15, -0.1) is 0 Å². The minimum atomic E-state index is -0.853. The zero-order valence-electron chi connectivity index (χ0n) is 25.0. The van der Waals surface area contributed by atoms with Crippen molar-refractivity contribution < 1.29 is 37.0 Å². The molecular formula is C32H38F3N5O5. The Balaban J connectivity index is 1.32. The van der Waals surface area contributed by atoms with E-state index in [1.807, 2.05) is 6.92 Å². The van der Waals surface area contributed by atoms with Crippen LogP contribution in [0.1, 0.15) is 24.5 Å². The number of alkyl carbamates (subject to hydrolysis) is 1. The lowest BCUT2D eigenvalue weighted by atomic mass is 10.0. The third-order valence-corrected chi connectivity index (χ3v) is 7.14. The van der Waals surface area contributed by atoms with Gasteiger partial charge in [-0.3, -0.25) is 9.78 Å². The quantitative estimate of drug-likeness (QED) is 0.185. The first-order chi connectivity index (χ1) is 21.8. The number of carbonyl (C=O) groups is 2. The molecule has 1 aliphatic rings. The van der Waals surface area contributed by atoms with Crippen LogP contribution < -0.4 is 21.3 Å². The third kappa shape index (κ3) is 11.0. The number of hydrogen-bond acceptors (Lipinski definition) is 8. The Morgan fingerprint density at radius 2 is 1.80 bits per heavy atom. The van der Waals surface area contributed by atoms with E-state index < -0.39 is 35.5 Å². The number of amides is 2. The van der Waals surface area contributed by atoms with Crippen molar-refractivity contribution in [1.82, 2.24) is 15.6 Å². The maximum atomic E-state index is 15.0. The Morgan fingerprint density at radius 3 is 2.49 bits per heavy atom. The summed E-state index contributed by atoms with van der Waals surface area (Å²) in [6, 6.07) is 10.3. The number of ether oxygens (including phenoxy) is 3. The van der Waals surface area contributed by atoms with Gasteiger partial charge in [-0.25, -0.2) is 18.0 Å². The smallest absolute Gasteiger partial charge is 0.407 e. The summed E-state index contributed by atoms with van der Waals surface area (Å²) >= 11 is 0. The number of benzene rings is 2. The van der Waals surface area contributed by atoms with Gasteiger partial charge in [-0.05, 0) is 61.7 Å². The molecule has 1 saturated heterocycles. The van der Waals surface area contributed by atoms with E-state index in [1.165, 1.54) is 42.6 Å². The number of anilines is 2. The summed E-state index contributed by atoms with van der Waals surface area (Å²) < 4.78 is 58.2. The van der Waals surface area contributed by atoms with E-state index in [-0.39, 0.29) is 42.8 Å². The van der Waals surface area contributed by atoms with Gasteiger partial charge in [0.1, 0.15) is 30.1 Å². The van der Waals surface area contributed by atoms with Crippen LogP contribution in [0.5, 0.6) is 0 Å². The number of pyridine rings is 1. The van der Waals surface area contributed by atoms with Gasteiger partial charge in [0.05, 0.1) is 43.4 Å². The van der Waals surface area contributed by atoms with Crippen molar-refractivity contribution in [1.29, 1.82) is 0 Å². The van der Waals surface area contributed by atoms with Crippen molar-refractivity contribution >= 4 is 23.4 Å². The molecule has 0 spiro atoms. The highest BCUT2D eigenvalue weighted by Crippen LogP contribution is 2.23. The Bertz CT molecular complexity index is 1330. The van der Waals surface area contributed by atoms with Crippen molar-refractivity contribution in [2.45, 2.75) is 44.4 Å². The van der Waals surface area contributed by atoms with Gasteiger partial charge in [0.15, 0.2) is 0 Å². The van der Waals surface area contributed by atoms with Crippen LogP contribution in [0.2, 0.25) is 0 Å². The zero-order valence-corrected chi connectivity index (χ0v) is 25.0. The van der Waals surface area contributed by atoms with E-state index in [9.17, 15) is 22.8 Å². The minimum Gasteiger partial charge on any atom is -0.448 e. The molecule has 13 heteroatoms. The van der Waals surface area contributed by atoms with Crippen LogP contribution >= 0.6 is 0 Å².